The summed E-state index contributed by atoms with van der Waals surface area (Å²) in [7, 11) is 0. The Morgan fingerprint density at radius 3 is 2.57 bits per heavy atom. The van der Waals surface area contributed by atoms with Gasteiger partial charge >= 0.3 is 12.1 Å². The third-order valence-corrected chi connectivity index (χ3v) is 8.00. The lowest BCUT2D eigenvalue weighted by Gasteiger charge is -2.26. The van der Waals surface area contributed by atoms with E-state index >= 15 is 0 Å². The highest BCUT2D eigenvalue weighted by molar-refractivity contribution is 9.10. The minimum absolute atomic E-state index is 0.0111. The van der Waals surface area contributed by atoms with Crippen LogP contribution in [0.5, 0.6) is 0 Å². The molecule has 216 valence electrons. The van der Waals surface area contributed by atoms with Crippen molar-refractivity contribution in [3.8, 4) is 11.3 Å². The third-order valence-electron chi connectivity index (χ3n) is 6.11. The monoisotopic (exact) mass is 681 g/mol. The normalized spacial score (nSPS) is 15.4. The van der Waals surface area contributed by atoms with Crippen molar-refractivity contribution in [2.45, 2.75) is 19.1 Å². The number of nitro groups is 1. The molecule has 4 aromatic rings. The van der Waals surface area contributed by atoms with Gasteiger partial charge in [0.1, 0.15) is 11.5 Å². The molecule has 15 heteroatoms. The molecule has 1 atom stereocenters. The minimum atomic E-state index is -5.03. The highest BCUT2D eigenvalue weighted by Crippen LogP contribution is 2.38. The fourth-order valence-corrected chi connectivity index (χ4v) is 5.99. The maximum absolute atomic E-state index is 14.2. The van der Waals surface area contributed by atoms with Crippen LogP contribution in [0.2, 0.25) is 5.02 Å². The number of fused-ring (bicyclic) bond motifs is 1. The standard InChI is InChI=1S/C27H16BrClF3N3O6S/c1-2-40-25(37)21-22(13-3-5-14(29)6-4-13)34-24(36)20(42-26(34)33-23(21)27(30,31)32)12-16-8-10-19(41-16)17-9-7-15(35(38)39)11-18(17)28/h3-12,22H,2H2,1H3/b20-12-/t22-/m1/s1. The smallest absolute Gasteiger partial charge is 0.434 e. The molecule has 0 saturated carbocycles. The molecule has 0 saturated heterocycles. The molecule has 0 radical (unpaired) electrons. The Balaban J connectivity index is 1.67. The van der Waals surface area contributed by atoms with E-state index < -0.39 is 39.9 Å². The van der Waals surface area contributed by atoms with Crippen molar-refractivity contribution in [1.29, 1.82) is 0 Å². The topological polar surface area (TPSA) is 117 Å². The van der Waals surface area contributed by atoms with Crippen LogP contribution in [0, 0.1) is 10.1 Å². The van der Waals surface area contributed by atoms with Gasteiger partial charge in [-0.05, 0) is 58.7 Å². The van der Waals surface area contributed by atoms with Crippen LogP contribution in [0.15, 0.2) is 84.5 Å². The summed E-state index contributed by atoms with van der Waals surface area (Å²) in [5, 5.41) is 11.3. The molecule has 0 spiro atoms. The van der Waals surface area contributed by atoms with Crippen molar-refractivity contribution in [3.05, 3.63) is 116 Å². The molecule has 42 heavy (non-hydrogen) atoms. The van der Waals surface area contributed by atoms with Crippen molar-refractivity contribution < 1.29 is 32.0 Å². The summed E-state index contributed by atoms with van der Waals surface area (Å²) in [5.41, 5.74) is -2.44. The Kier molecular flexibility index (Phi) is 7.96. The third kappa shape index (κ3) is 5.56. The zero-order chi connectivity index (χ0) is 30.3. The predicted molar refractivity (Wildman–Crippen MR) is 151 cm³/mol. The number of esters is 1. The lowest BCUT2D eigenvalue weighted by atomic mass is 9.95. The van der Waals surface area contributed by atoms with E-state index in [0.29, 0.717) is 32.2 Å². The van der Waals surface area contributed by atoms with Gasteiger partial charge in [-0.3, -0.25) is 19.5 Å². The van der Waals surface area contributed by atoms with Crippen LogP contribution in [0.1, 0.15) is 24.3 Å². The number of nitro benzene ring substituents is 1. The van der Waals surface area contributed by atoms with Crippen molar-refractivity contribution in [3.63, 3.8) is 0 Å². The largest absolute Gasteiger partial charge is 0.463 e. The predicted octanol–water partition coefficient (Wildman–Crippen LogP) is 5.92. The van der Waals surface area contributed by atoms with Gasteiger partial charge in [0.25, 0.3) is 11.2 Å². The average molecular weight is 683 g/mol. The first-order valence-electron chi connectivity index (χ1n) is 12.0. The van der Waals surface area contributed by atoms with E-state index in [1.54, 1.807) is 6.07 Å². The number of hydrogen-bond acceptors (Lipinski definition) is 8. The summed E-state index contributed by atoms with van der Waals surface area (Å²) in [4.78, 5) is 40.5. The quantitative estimate of drug-likeness (QED) is 0.142. The second-order valence-electron chi connectivity index (χ2n) is 8.74. The van der Waals surface area contributed by atoms with Crippen LogP contribution in [0.25, 0.3) is 17.4 Å². The molecule has 2 aromatic carbocycles. The van der Waals surface area contributed by atoms with Gasteiger partial charge in [-0.25, -0.2) is 9.79 Å². The molecule has 0 aliphatic carbocycles. The molecule has 1 aliphatic heterocycles. The van der Waals surface area contributed by atoms with Gasteiger partial charge in [-0.1, -0.05) is 35.1 Å². The highest BCUT2D eigenvalue weighted by atomic mass is 79.9. The Bertz CT molecular complexity index is 1950. The molecule has 1 aliphatic rings. The van der Waals surface area contributed by atoms with Crippen LogP contribution in [-0.2, 0) is 9.53 Å². The molecule has 5 rings (SSSR count). The van der Waals surface area contributed by atoms with Crippen LogP contribution in [-0.4, -0.2) is 28.2 Å². The molecule has 0 N–H and O–H groups in total. The number of allylic oxidation sites excluding steroid dienone is 1. The summed E-state index contributed by atoms with van der Waals surface area (Å²) >= 11 is 9.96. The summed E-state index contributed by atoms with van der Waals surface area (Å²) in [6, 6.07) is 11.4. The van der Waals surface area contributed by atoms with Crippen molar-refractivity contribution in [2.75, 3.05) is 6.61 Å². The number of thiazole rings is 1. The van der Waals surface area contributed by atoms with E-state index in [-0.39, 0.29) is 33.0 Å². The van der Waals surface area contributed by atoms with Gasteiger partial charge in [-0.2, -0.15) is 13.2 Å². The maximum Gasteiger partial charge on any atom is 0.434 e. The van der Waals surface area contributed by atoms with Gasteiger partial charge in [0.05, 0.1) is 27.7 Å². The van der Waals surface area contributed by atoms with Crippen molar-refractivity contribution in [2.24, 2.45) is 4.99 Å². The number of alkyl halides is 3. The number of ether oxygens (including phenoxy) is 1. The molecule has 2 aromatic heterocycles. The second kappa shape index (κ2) is 11.3. The Morgan fingerprint density at radius 2 is 1.95 bits per heavy atom. The van der Waals surface area contributed by atoms with E-state index in [2.05, 4.69) is 20.9 Å². The van der Waals surface area contributed by atoms with Gasteiger partial charge in [0.15, 0.2) is 10.5 Å². The lowest BCUT2D eigenvalue weighted by molar-refractivity contribution is -0.384. The average Bonchev–Trinajstić information content (AvgIpc) is 3.52. The number of rotatable bonds is 6. The fraction of sp³-hybridized carbons (Fsp3) is 0.148. The van der Waals surface area contributed by atoms with Gasteiger partial charge < -0.3 is 9.15 Å². The van der Waals surface area contributed by atoms with E-state index in [1.807, 2.05) is 0 Å². The molecule has 0 bridgehead atoms. The highest BCUT2D eigenvalue weighted by Gasteiger charge is 2.45. The van der Waals surface area contributed by atoms with Crippen LogP contribution < -0.4 is 14.9 Å². The first-order valence-corrected chi connectivity index (χ1v) is 14.0. The van der Waals surface area contributed by atoms with Crippen LogP contribution in [0.4, 0.5) is 18.9 Å². The Morgan fingerprint density at radius 1 is 1.24 bits per heavy atom. The van der Waals surface area contributed by atoms with Crippen LogP contribution in [0.3, 0.4) is 0 Å². The first-order chi connectivity index (χ1) is 19.9. The zero-order valence-corrected chi connectivity index (χ0v) is 24.3. The zero-order valence-electron chi connectivity index (χ0n) is 21.1. The number of nitrogens with zero attached hydrogens (tertiary/aromatic N) is 3. The number of non-ortho nitro benzene ring substituents is 1. The van der Waals surface area contributed by atoms with Gasteiger partial charge in [-0.15, -0.1) is 0 Å². The number of aromatic nitrogens is 1. The minimum Gasteiger partial charge on any atom is -0.463 e. The lowest BCUT2D eigenvalue weighted by Crippen LogP contribution is -2.41. The maximum atomic E-state index is 14.2. The van der Waals surface area contributed by atoms with Crippen molar-refractivity contribution >= 4 is 56.6 Å². The van der Waals surface area contributed by atoms with E-state index in [9.17, 15) is 32.9 Å². The van der Waals surface area contributed by atoms with E-state index in [1.165, 1.54) is 61.5 Å². The summed E-state index contributed by atoms with van der Waals surface area (Å²) < 4.78 is 54.9. The number of halogens is 5. The summed E-state index contributed by atoms with van der Waals surface area (Å²) in [5.74, 6) is -0.754. The number of hydrogen-bond donors (Lipinski definition) is 0. The number of carbonyl (C=O) groups excluding carboxylic acids is 1. The van der Waals surface area contributed by atoms with Gasteiger partial charge in [0, 0.05) is 33.3 Å². The van der Waals surface area contributed by atoms with Crippen molar-refractivity contribution in [1.82, 2.24) is 4.57 Å². The summed E-state index contributed by atoms with van der Waals surface area (Å²) in [6.07, 6.45) is -3.69. The second-order valence-corrected chi connectivity index (χ2v) is 11.0. The Hall–Kier alpha value is -4.01. The molecule has 0 unspecified atom stereocenters. The molecule has 0 amide bonds. The number of furan rings is 1. The molecule has 3 heterocycles. The molecular weight excluding hydrogens is 667 g/mol. The SMILES string of the molecule is CCOC(=O)C1=C(C(F)(F)F)N=c2s/c(=C\c3ccc(-c4ccc([N+](=O)[O-])cc4Br)o3)c(=O)n2[C@@H]1c1ccc(Cl)cc1. The van der Waals surface area contributed by atoms with Crippen LogP contribution >= 0.6 is 38.9 Å². The van der Waals surface area contributed by atoms with Gasteiger partial charge in [0.2, 0.25) is 0 Å². The molecule has 9 nitrogen and oxygen atoms in total. The van der Waals surface area contributed by atoms with E-state index in [0.717, 1.165) is 4.57 Å². The Labute approximate surface area is 251 Å². The fourth-order valence-electron chi connectivity index (χ4n) is 4.32. The van der Waals surface area contributed by atoms with E-state index in [4.69, 9.17) is 20.8 Å². The molecule has 0 fully saturated rings. The molecular formula is C27H16BrClF3N3O6S. The number of benzene rings is 2. The number of carbonyl (C=O) groups is 1. The first kappa shape index (κ1) is 29.5. The summed E-state index contributed by atoms with van der Waals surface area (Å²) in [6.45, 7) is 1.25.